The lowest BCUT2D eigenvalue weighted by Crippen LogP contribution is -2.68. The third-order valence-corrected chi connectivity index (χ3v) is 14.2. The lowest BCUT2D eigenvalue weighted by Gasteiger charge is -2.51. The van der Waals surface area contributed by atoms with Crippen LogP contribution in [0, 0.1) is 23.7 Å². The Bertz CT molecular complexity index is 2140. The molecule has 17 atom stereocenters. The number of likely N-dealkylation sites (N-methyl/N-ethyl adjacent to an activating group) is 1. The van der Waals surface area contributed by atoms with E-state index >= 15 is 0 Å². The lowest BCUT2D eigenvalue weighted by molar-refractivity contribution is -0.370. The maximum atomic E-state index is 13.7. The van der Waals surface area contributed by atoms with Crippen LogP contribution in [0.2, 0.25) is 0 Å². The van der Waals surface area contributed by atoms with E-state index in [-0.39, 0.29) is 37.2 Å². The number of esters is 1. The van der Waals surface area contributed by atoms with Crippen LogP contribution < -0.4 is 10.6 Å². The minimum atomic E-state index is -1.66. The van der Waals surface area contributed by atoms with Crippen molar-refractivity contribution in [2.45, 2.75) is 147 Å². The molecule has 362 valence electrons. The summed E-state index contributed by atoms with van der Waals surface area (Å²) in [6.07, 6.45) is -10.3. The highest BCUT2D eigenvalue weighted by Crippen LogP contribution is 2.44. The van der Waals surface area contributed by atoms with Crippen LogP contribution in [0.4, 0.5) is 14.4 Å². The minimum Gasteiger partial charge on any atom is -0.454 e. The largest absolute Gasteiger partial charge is 0.454 e. The molecule has 0 aromatic heterocycles. The Balaban J connectivity index is 1.04. The first-order chi connectivity index (χ1) is 32.3. The number of amides is 3. The Labute approximate surface area is 391 Å². The first kappa shape index (κ1) is 48.2. The number of nitrogens with zero attached hydrogens (tertiary/aromatic N) is 1. The van der Waals surface area contributed by atoms with Crippen LogP contribution in [0.5, 0.6) is 0 Å². The molecule has 3 aromatic carbocycles. The maximum Gasteiger partial charge on any atom is 0.410 e. The summed E-state index contributed by atoms with van der Waals surface area (Å²) < 4.78 is 56.4. The molecule has 0 spiro atoms. The number of aliphatic hydroxyl groups is 1. The van der Waals surface area contributed by atoms with Crippen molar-refractivity contribution in [1.29, 1.82) is 0 Å². The van der Waals surface area contributed by atoms with Gasteiger partial charge in [-0.15, -0.1) is 0 Å². The van der Waals surface area contributed by atoms with Crippen LogP contribution in [-0.4, -0.2) is 121 Å². The number of hydrogen-bond donors (Lipinski definition) is 3. The SMILES string of the molecule is CCC1O[C@H](OC2O[C@H]3CC(C)[C@@H](O[C@@H]4C(NC(=O)OCc5ccccc5)C[C@@H](NC(=O)OCc5ccccc5)C(OC(=O)c5ccccc5)[C@H]4O)OC3C3OC(=O)N(C)C23)C(C)[C@@H](C)[C@@H]1C. The number of nitrogens with one attached hydrogen (secondary N) is 2. The molecule has 3 amide bonds. The smallest absolute Gasteiger partial charge is 0.410 e. The van der Waals surface area contributed by atoms with Gasteiger partial charge in [0.1, 0.15) is 37.6 Å². The molecule has 5 aliphatic rings. The normalized spacial score (nSPS) is 35.8. The molecule has 67 heavy (non-hydrogen) atoms. The fourth-order valence-electron chi connectivity index (χ4n) is 9.96. The van der Waals surface area contributed by atoms with Gasteiger partial charge in [0.2, 0.25) is 0 Å². The molecule has 5 fully saturated rings. The number of aliphatic hydroxyl groups excluding tert-OH is 1. The molecule has 4 aliphatic heterocycles. The molecule has 17 nitrogen and oxygen atoms in total. The highest BCUT2D eigenvalue weighted by atomic mass is 16.8. The van der Waals surface area contributed by atoms with Gasteiger partial charge in [-0.3, -0.25) is 4.90 Å². The second-order valence-corrected chi connectivity index (χ2v) is 18.5. The van der Waals surface area contributed by atoms with E-state index in [1.807, 2.05) is 55.5 Å². The van der Waals surface area contributed by atoms with Crippen LogP contribution in [0.1, 0.15) is 75.4 Å². The highest BCUT2D eigenvalue weighted by Gasteiger charge is 2.60. The second kappa shape index (κ2) is 21.3. The Kier molecular flexibility index (Phi) is 15.3. The fourth-order valence-corrected chi connectivity index (χ4v) is 9.96. The quantitative estimate of drug-likeness (QED) is 0.127. The molecule has 4 saturated heterocycles. The summed E-state index contributed by atoms with van der Waals surface area (Å²) in [6, 6.07) is 23.6. The van der Waals surface area contributed by atoms with Crippen molar-refractivity contribution in [2.24, 2.45) is 23.7 Å². The van der Waals surface area contributed by atoms with Gasteiger partial charge in [-0.1, -0.05) is 113 Å². The summed E-state index contributed by atoms with van der Waals surface area (Å²) >= 11 is 0. The molecular formula is C50H63N3O14. The van der Waals surface area contributed by atoms with Gasteiger partial charge in [0.15, 0.2) is 31.1 Å². The van der Waals surface area contributed by atoms with Gasteiger partial charge in [-0.25, -0.2) is 19.2 Å². The summed E-state index contributed by atoms with van der Waals surface area (Å²) in [5.41, 5.74) is 1.70. The zero-order valence-electron chi connectivity index (χ0n) is 38.7. The number of ether oxygens (including phenoxy) is 9. The molecular weight excluding hydrogens is 867 g/mol. The average Bonchev–Trinajstić information content (AvgIpc) is 3.64. The van der Waals surface area contributed by atoms with Crippen molar-refractivity contribution in [3.8, 4) is 0 Å². The fraction of sp³-hybridized carbons (Fsp3) is 0.560. The summed E-state index contributed by atoms with van der Waals surface area (Å²) in [7, 11) is 1.63. The third kappa shape index (κ3) is 10.9. The van der Waals surface area contributed by atoms with Crippen molar-refractivity contribution >= 4 is 24.2 Å². The molecule has 4 heterocycles. The molecule has 0 radical (unpaired) electrons. The number of hydrogen-bond acceptors (Lipinski definition) is 14. The monoisotopic (exact) mass is 929 g/mol. The van der Waals surface area contributed by atoms with E-state index in [4.69, 9.17) is 42.6 Å². The Morgan fingerprint density at radius 2 is 1.27 bits per heavy atom. The number of carbonyl (C=O) groups is 4. The standard InChI is InChI=1S/C50H63N3O14/c1-7-36-29(4)28(3)30(5)46(61-36)67-47-38-43(66-50(58)53(38)6)42-37(62-47)23-27(2)45(65-42)64-41-35(52-49(57)60-26-32-19-13-9-14-20-32)24-34(51-48(56)59-25-31-17-11-8-12-18-31)40(39(41)54)63-44(55)33-21-15-10-16-22-33/h8-22,27-30,34-43,45-47,54H,7,23-26H2,1-6H3,(H,51,56)(H,52,57)/t27?,28-,29-,30?,34+,35?,36?,37-,38?,39+,40?,41+,42?,43?,45-,46+,47?/m0/s1. The van der Waals surface area contributed by atoms with E-state index in [9.17, 15) is 24.3 Å². The van der Waals surface area contributed by atoms with Gasteiger partial charge in [-0.2, -0.15) is 0 Å². The lowest BCUT2D eigenvalue weighted by atomic mass is 9.78. The van der Waals surface area contributed by atoms with Gasteiger partial charge in [0.25, 0.3) is 0 Å². The Morgan fingerprint density at radius 1 is 0.687 bits per heavy atom. The molecule has 1 aliphatic carbocycles. The number of fused-ring (bicyclic) bond motifs is 3. The molecule has 8 rings (SSSR count). The number of benzene rings is 3. The zero-order chi connectivity index (χ0) is 47.4. The molecule has 9 unspecified atom stereocenters. The molecule has 1 saturated carbocycles. The van der Waals surface area contributed by atoms with E-state index < -0.39 is 104 Å². The minimum absolute atomic E-state index is 0.00128. The topological polar surface area (TPSA) is 199 Å². The van der Waals surface area contributed by atoms with Gasteiger partial charge in [0.05, 0.1) is 29.9 Å². The van der Waals surface area contributed by atoms with Crippen LogP contribution in [-0.2, 0) is 55.8 Å². The highest BCUT2D eigenvalue weighted by molar-refractivity contribution is 5.89. The van der Waals surface area contributed by atoms with E-state index in [2.05, 4.69) is 38.3 Å². The predicted molar refractivity (Wildman–Crippen MR) is 239 cm³/mol. The van der Waals surface area contributed by atoms with Gasteiger partial charge in [-0.05, 0) is 54.4 Å². The first-order valence-electron chi connectivity index (χ1n) is 23.4. The van der Waals surface area contributed by atoms with Crippen molar-refractivity contribution in [3.63, 3.8) is 0 Å². The Morgan fingerprint density at radius 3 is 1.87 bits per heavy atom. The van der Waals surface area contributed by atoms with E-state index in [1.54, 1.807) is 49.5 Å². The van der Waals surface area contributed by atoms with Crippen LogP contribution in [0.15, 0.2) is 91.0 Å². The van der Waals surface area contributed by atoms with Gasteiger partial charge in [0, 0.05) is 18.9 Å². The molecule has 17 heteroatoms. The number of rotatable bonds is 13. The van der Waals surface area contributed by atoms with Crippen molar-refractivity contribution in [1.82, 2.24) is 15.5 Å². The molecule has 3 N–H and O–H groups in total. The van der Waals surface area contributed by atoms with Crippen LogP contribution >= 0.6 is 0 Å². The summed E-state index contributed by atoms with van der Waals surface area (Å²) in [5.74, 6) is -0.463. The predicted octanol–water partition coefficient (Wildman–Crippen LogP) is 6.31. The maximum absolute atomic E-state index is 13.7. The van der Waals surface area contributed by atoms with Crippen LogP contribution in [0.3, 0.4) is 0 Å². The first-order valence-corrected chi connectivity index (χ1v) is 23.4. The molecule has 3 aromatic rings. The molecule has 0 bridgehead atoms. The number of carbonyl (C=O) groups excluding carboxylic acids is 4. The van der Waals surface area contributed by atoms with E-state index in [0.29, 0.717) is 18.3 Å². The second-order valence-electron chi connectivity index (χ2n) is 18.5. The Hall–Kier alpha value is -5.30. The summed E-state index contributed by atoms with van der Waals surface area (Å²) in [6.45, 7) is 10.4. The van der Waals surface area contributed by atoms with E-state index in [1.165, 1.54) is 4.90 Å². The van der Waals surface area contributed by atoms with Gasteiger partial charge >= 0.3 is 24.2 Å². The van der Waals surface area contributed by atoms with Crippen molar-refractivity contribution in [2.75, 3.05) is 7.05 Å². The summed E-state index contributed by atoms with van der Waals surface area (Å²) in [4.78, 5) is 55.4. The summed E-state index contributed by atoms with van der Waals surface area (Å²) in [5, 5.41) is 18.0. The zero-order valence-corrected chi connectivity index (χ0v) is 38.7. The average molecular weight is 930 g/mol. The van der Waals surface area contributed by atoms with E-state index in [0.717, 1.165) is 17.5 Å². The number of alkyl carbamates (subject to hydrolysis) is 2. The van der Waals surface area contributed by atoms with Crippen molar-refractivity contribution < 1.29 is 66.9 Å². The van der Waals surface area contributed by atoms with Crippen LogP contribution in [0.25, 0.3) is 0 Å². The van der Waals surface area contributed by atoms with Gasteiger partial charge < -0.3 is 58.4 Å². The van der Waals surface area contributed by atoms with Crippen molar-refractivity contribution in [3.05, 3.63) is 108 Å². The third-order valence-electron chi connectivity index (χ3n) is 14.2.